The Labute approximate surface area is 122 Å². The molecule has 1 aromatic carbocycles. The van der Waals surface area contributed by atoms with Crippen LogP contribution in [-0.4, -0.2) is 34.6 Å². The zero-order valence-corrected chi connectivity index (χ0v) is 13.0. The van der Waals surface area contributed by atoms with Crippen LogP contribution < -0.4 is 0 Å². The Hall–Kier alpha value is -0.870. The van der Waals surface area contributed by atoms with Crippen molar-refractivity contribution in [3.05, 3.63) is 33.8 Å². The number of hydrogen-bond donors (Lipinski definition) is 1. The summed E-state index contributed by atoms with van der Waals surface area (Å²) in [7, 11) is 0. The van der Waals surface area contributed by atoms with Crippen molar-refractivity contribution < 1.29 is 9.90 Å². The van der Waals surface area contributed by atoms with Gasteiger partial charge in [-0.2, -0.15) is 0 Å². The number of carbonyl (C=O) groups excluding carboxylic acids is 1. The minimum atomic E-state index is -0.639. The summed E-state index contributed by atoms with van der Waals surface area (Å²) in [5, 5.41) is 10.1. The molecule has 1 atom stereocenters. The molecule has 2 rings (SSSR count). The van der Waals surface area contributed by atoms with Crippen LogP contribution in [0.1, 0.15) is 42.1 Å². The molecular weight excluding hydrogens is 306 g/mol. The van der Waals surface area contributed by atoms with Gasteiger partial charge < -0.3 is 10.0 Å². The SMILES string of the molecule is Cc1ccc(C(=O)N2CCCC(C)(O)CC2)c(Br)c1. The molecule has 104 valence electrons. The molecule has 1 aliphatic heterocycles. The highest BCUT2D eigenvalue weighted by molar-refractivity contribution is 9.10. The van der Waals surface area contributed by atoms with E-state index in [1.807, 2.05) is 36.9 Å². The van der Waals surface area contributed by atoms with E-state index in [1.54, 1.807) is 0 Å². The Bertz CT molecular complexity index is 485. The van der Waals surface area contributed by atoms with Crippen LogP contribution in [0, 0.1) is 6.92 Å². The van der Waals surface area contributed by atoms with Gasteiger partial charge in [0.15, 0.2) is 0 Å². The van der Waals surface area contributed by atoms with Crippen LogP contribution in [0.4, 0.5) is 0 Å². The molecule has 4 heteroatoms. The lowest BCUT2D eigenvalue weighted by molar-refractivity contribution is 0.0438. The monoisotopic (exact) mass is 325 g/mol. The summed E-state index contributed by atoms with van der Waals surface area (Å²) in [5.41, 5.74) is 1.19. The lowest BCUT2D eigenvalue weighted by Gasteiger charge is -2.23. The van der Waals surface area contributed by atoms with Crippen molar-refractivity contribution in [3.8, 4) is 0 Å². The van der Waals surface area contributed by atoms with Crippen LogP contribution in [0.3, 0.4) is 0 Å². The van der Waals surface area contributed by atoms with E-state index in [-0.39, 0.29) is 5.91 Å². The summed E-state index contributed by atoms with van der Waals surface area (Å²) >= 11 is 3.46. The highest BCUT2D eigenvalue weighted by Gasteiger charge is 2.27. The van der Waals surface area contributed by atoms with Gasteiger partial charge in [-0.1, -0.05) is 6.07 Å². The van der Waals surface area contributed by atoms with E-state index in [0.29, 0.717) is 18.5 Å². The van der Waals surface area contributed by atoms with Gasteiger partial charge >= 0.3 is 0 Å². The van der Waals surface area contributed by atoms with Crippen molar-refractivity contribution in [1.29, 1.82) is 0 Å². The summed E-state index contributed by atoms with van der Waals surface area (Å²) in [6.45, 7) is 5.19. The van der Waals surface area contributed by atoms with Crippen LogP contribution >= 0.6 is 15.9 Å². The van der Waals surface area contributed by atoms with Gasteiger partial charge in [0.25, 0.3) is 5.91 Å². The number of nitrogens with zero attached hydrogens (tertiary/aromatic N) is 1. The Balaban J connectivity index is 2.15. The number of halogens is 1. The third-order valence-corrected chi connectivity index (χ3v) is 4.36. The Morgan fingerprint density at radius 3 is 2.79 bits per heavy atom. The largest absolute Gasteiger partial charge is 0.390 e. The molecule has 1 aliphatic rings. The summed E-state index contributed by atoms with van der Waals surface area (Å²) in [4.78, 5) is 14.4. The second kappa shape index (κ2) is 5.63. The van der Waals surface area contributed by atoms with E-state index in [4.69, 9.17) is 0 Å². The van der Waals surface area contributed by atoms with Gasteiger partial charge in [-0.05, 0) is 66.7 Å². The molecule has 0 radical (unpaired) electrons. The number of benzene rings is 1. The zero-order valence-electron chi connectivity index (χ0n) is 11.4. The fourth-order valence-electron chi connectivity index (χ4n) is 2.43. The smallest absolute Gasteiger partial charge is 0.254 e. The predicted molar refractivity (Wildman–Crippen MR) is 79.3 cm³/mol. The van der Waals surface area contributed by atoms with E-state index in [0.717, 1.165) is 29.4 Å². The first kappa shape index (κ1) is 14.5. The van der Waals surface area contributed by atoms with Crippen LogP contribution in [0.5, 0.6) is 0 Å². The highest BCUT2D eigenvalue weighted by atomic mass is 79.9. The van der Waals surface area contributed by atoms with Gasteiger partial charge in [-0.15, -0.1) is 0 Å². The standard InChI is InChI=1S/C15H20BrNO2/c1-11-4-5-12(13(16)10-11)14(18)17-8-3-6-15(2,19)7-9-17/h4-5,10,19H,3,6-9H2,1-2H3. The average Bonchev–Trinajstić information content (AvgIpc) is 2.49. The average molecular weight is 326 g/mol. The highest BCUT2D eigenvalue weighted by Crippen LogP contribution is 2.25. The molecule has 0 saturated carbocycles. The fourth-order valence-corrected chi connectivity index (χ4v) is 3.09. The molecule has 0 aromatic heterocycles. The lowest BCUT2D eigenvalue weighted by atomic mass is 9.98. The fraction of sp³-hybridized carbons (Fsp3) is 0.533. The molecule has 1 heterocycles. The van der Waals surface area contributed by atoms with Gasteiger partial charge in [0.05, 0.1) is 11.2 Å². The third kappa shape index (κ3) is 3.57. The molecule has 0 aliphatic carbocycles. The van der Waals surface area contributed by atoms with Crippen LogP contribution in [0.25, 0.3) is 0 Å². The Kier molecular flexibility index (Phi) is 4.31. The molecule has 3 nitrogen and oxygen atoms in total. The van der Waals surface area contributed by atoms with E-state index < -0.39 is 5.60 Å². The number of likely N-dealkylation sites (tertiary alicyclic amines) is 1. The van der Waals surface area contributed by atoms with Crippen LogP contribution in [0.2, 0.25) is 0 Å². The van der Waals surface area contributed by atoms with Gasteiger partial charge in [-0.3, -0.25) is 4.79 Å². The zero-order chi connectivity index (χ0) is 14.0. The number of hydrogen-bond acceptors (Lipinski definition) is 2. The molecule has 19 heavy (non-hydrogen) atoms. The molecule has 1 N–H and O–H groups in total. The molecule has 1 fully saturated rings. The molecule has 1 saturated heterocycles. The van der Waals surface area contributed by atoms with Gasteiger partial charge in [0, 0.05) is 17.6 Å². The second-order valence-electron chi connectivity index (χ2n) is 5.63. The van der Waals surface area contributed by atoms with Crippen molar-refractivity contribution >= 4 is 21.8 Å². The van der Waals surface area contributed by atoms with Crippen molar-refractivity contribution in [3.63, 3.8) is 0 Å². The van der Waals surface area contributed by atoms with Gasteiger partial charge in [0.1, 0.15) is 0 Å². The Morgan fingerprint density at radius 1 is 1.37 bits per heavy atom. The normalized spacial score (nSPS) is 24.1. The summed E-state index contributed by atoms with van der Waals surface area (Å²) in [6, 6.07) is 5.78. The quantitative estimate of drug-likeness (QED) is 0.861. The first-order valence-electron chi connectivity index (χ1n) is 6.67. The maximum atomic E-state index is 12.5. The van der Waals surface area contributed by atoms with Crippen LogP contribution in [0.15, 0.2) is 22.7 Å². The number of aryl methyl sites for hydroxylation is 1. The summed E-state index contributed by atoms with van der Waals surface area (Å²) < 4.78 is 0.841. The first-order chi connectivity index (χ1) is 8.89. The number of amides is 1. The molecule has 1 unspecified atom stereocenters. The van der Waals surface area contributed by atoms with Crippen molar-refractivity contribution in [2.45, 2.75) is 38.7 Å². The maximum Gasteiger partial charge on any atom is 0.254 e. The predicted octanol–water partition coefficient (Wildman–Crippen LogP) is 3.13. The van der Waals surface area contributed by atoms with Crippen molar-refractivity contribution in [1.82, 2.24) is 4.90 Å². The van der Waals surface area contributed by atoms with Gasteiger partial charge in [-0.25, -0.2) is 0 Å². The summed E-state index contributed by atoms with van der Waals surface area (Å²) in [5.74, 6) is 0.0459. The molecular formula is C15H20BrNO2. The molecule has 1 amide bonds. The van der Waals surface area contributed by atoms with Crippen LogP contribution in [-0.2, 0) is 0 Å². The maximum absolute atomic E-state index is 12.5. The van der Waals surface area contributed by atoms with E-state index >= 15 is 0 Å². The second-order valence-corrected chi connectivity index (χ2v) is 6.48. The van der Waals surface area contributed by atoms with Crippen molar-refractivity contribution in [2.75, 3.05) is 13.1 Å². The number of carbonyl (C=O) groups is 1. The third-order valence-electron chi connectivity index (χ3n) is 3.71. The Morgan fingerprint density at radius 2 is 2.11 bits per heavy atom. The summed E-state index contributed by atoms with van der Waals surface area (Å²) in [6.07, 6.45) is 2.25. The first-order valence-corrected chi connectivity index (χ1v) is 7.46. The topological polar surface area (TPSA) is 40.5 Å². The molecule has 0 spiro atoms. The number of aliphatic hydroxyl groups is 1. The molecule has 1 aromatic rings. The lowest BCUT2D eigenvalue weighted by Crippen LogP contribution is -2.33. The van der Waals surface area contributed by atoms with Gasteiger partial charge in [0.2, 0.25) is 0 Å². The number of rotatable bonds is 1. The van der Waals surface area contributed by atoms with Crippen molar-refractivity contribution in [2.24, 2.45) is 0 Å². The minimum absolute atomic E-state index is 0.0459. The minimum Gasteiger partial charge on any atom is -0.390 e. The van der Waals surface area contributed by atoms with E-state index in [1.165, 1.54) is 0 Å². The van der Waals surface area contributed by atoms with E-state index in [9.17, 15) is 9.90 Å². The molecule has 0 bridgehead atoms. The van der Waals surface area contributed by atoms with E-state index in [2.05, 4.69) is 15.9 Å².